The Labute approximate surface area is 169 Å². The zero-order chi connectivity index (χ0) is 21.4. The molecular weight excluding hydrogens is 400 g/mol. The van der Waals surface area contributed by atoms with Crippen LogP contribution < -0.4 is 11.2 Å². The van der Waals surface area contributed by atoms with E-state index < -0.39 is 42.5 Å². The molecule has 1 aliphatic carbocycles. The van der Waals surface area contributed by atoms with E-state index in [2.05, 4.69) is 20.4 Å². The van der Waals surface area contributed by atoms with Crippen molar-refractivity contribution < 1.29 is 34.5 Å². The number of imidazole rings is 1. The van der Waals surface area contributed by atoms with Gasteiger partial charge in [0.1, 0.15) is 24.1 Å². The molecule has 30 heavy (non-hydrogen) atoms. The van der Waals surface area contributed by atoms with E-state index in [-0.39, 0.29) is 22.9 Å². The fourth-order valence-electron chi connectivity index (χ4n) is 3.76. The monoisotopic (exact) mass is 422 g/mol. The molecule has 3 unspecified atom stereocenters. The van der Waals surface area contributed by atoms with Crippen LogP contribution >= 0.6 is 0 Å². The molecule has 162 valence electrons. The number of nitrogens with one attached hydrogen (secondary N) is 1. The van der Waals surface area contributed by atoms with Crippen molar-refractivity contribution >= 4 is 28.7 Å². The summed E-state index contributed by atoms with van der Waals surface area (Å²) in [6.07, 6.45) is -2.36. The Kier molecular flexibility index (Phi) is 5.62. The van der Waals surface area contributed by atoms with Gasteiger partial charge in [-0.15, -0.1) is 0 Å². The van der Waals surface area contributed by atoms with E-state index in [1.807, 2.05) is 0 Å². The average molecular weight is 422 g/mol. The van der Waals surface area contributed by atoms with Crippen molar-refractivity contribution in [2.45, 2.75) is 56.5 Å². The largest absolute Gasteiger partial charge is 0.387 e. The number of carbonyl (C=O) groups excluding carboxylic acids is 2. The van der Waals surface area contributed by atoms with Gasteiger partial charge in [0.25, 0.3) is 0 Å². The number of rotatable bonds is 6. The Morgan fingerprint density at radius 1 is 1.23 bits per heavy atom. The van der Waals surface area contributed by atoms with Crippen LogP contribution in [0, 0.1) is 5.92 Å². The molecule has 0 radical (unpaired) electrons. The van der Waals surface area contributed by atoms with E-state index in [0.29, 0.717) is 12.8 Å². The number of anilines is 1. The van der Waals surface area contributed by atoms with Crippen LogP contribution in [0.4, 0.5) is 5.82 Å². The molecule has 2 fully saturated rings. The molecule has 13 nitrogen and oxygen atoms in total. The van der Waals surface area contributed by atoms with Crippen LogP contribution in [0.15, 0.2) is 12.7 Å². The number of fused-ring (bicyclic) bond motifs is 1. The molecule has 1 saturated carbocycles. The summed E-state index contributed by atoms with van der Waals surface area (Å²) in [5.41, 5.74) is 8.29. The predicted molar refractivity (Wildman–Crippen MR) is 97.9 cm³/mol. The summed E-state index contributed by atoms with van der Waals surface area (Å²) in [5, 5.41) is 30.6. The van der Waals surface area contributed by atoms with Crippen LogP contribution in [0.5, 0.6) is 0 Å². The van der Waals surface area contributed by atoms with Gasteiger partial charge in [-0.25, -0.2) is 25.3 Å². The van der Waals surface area contributed by atoms with Crippen LogP contribution in [0.3, 0.4) is 0 Å². The number of hydrogen-bond donors (Lipinski definition) is 5. The van der Waals surface area contributed by atoms with Gasteiger partial charge < -0.3 is 25.8 Å². The lowest BCUT2D eigenvalue weighted by molar-refractivity contribution is -0.189. The van der Waals surface area contributed by atoms with E-state index in [9.17, 15) is 24.9 Å². The Morgan fingerprint density at radius 2 is 1.97 bits per heavy atom. The minimum absolute atomic E-state index is 0.112. The molecule has 4 rings (SSSR count). The summed E-state index contributed by atoms with van der Waals surface area (Å²) in [5.74, 6) is -1.60. The lowest BCUT2D eigenvalue weighted by Crippen LogP contribution is -2.45. The number of hydrogen-bond acceptors (Lipinski definition) is 11. The molecule has 3 heterocycles. The molecular formula is C17H22N6O7. The van der Waals surface area contributed by atoms with Gasteiger partial charge in [-0.2, -0.15) is 0 Å². The molecule has 1 amide bonds. The third-order valence-electron chi connectivity index (χ3n) is 5.42. The van der Waals surface area contributed by atoms with E-state index in [0.717, 1.165) is 12.8 Å². The SMILES string of the molecule is Nc1ncnc2c1ncn2[C@@H]1O[C@H](C(=O)C(O)ONC(=O)C2CCCC2)C(O)C1O. The number of hydroxylamine groups is 1. The van der Waals surface area contributed by atoms with Crippen LogP contribution in [0.1, 0.15) is 31.9 Å². The van der Waals surface area contributed by atoms with Crippen LogP contribution in [0.2, 0.25) is 0 Å². The molecule has 1 aliphatic heterocycles. The highest BCUT2D eigenvalue weighted by molar-refractivity contribution is 5.87. The maximum Gasteiger partial charge on any atom is 0.246 e. The standard InChI is InChI=1S/C17H22N6O7/c18-13-8-14(20-5-19-13)23(6-21-8)16-10(25)9(24)12(29-16)11(26)17(28)30-22-15(27)7-3-1-2-4-7/h5-7,9-10,12,16-17,24-25,28H,1-4H2,(H,22,27)(H2,18,19,20)/t9?,10?,12-,16+,17?/m0/s1. The lowest BCUT2D eigenvalue weighted by atomic mass is 10.1. The average Bonchev–Trinajstić information content (AvgIpc) is 3.47. The van der Waals surface area contributed by atoms with Gasteiger partial charge in [0, 0.05) is 5.92 Å². The minimum atomic E-state index is -2.08. The molecule has 2 aromatic heterocycles. The van der Waals surface area contributed by atoms with Gasteiger partial charge >= 0.3 is 0 Å². The summed E-state index contributed by atoms with van der Waals surface area (Å²) >= 11 is 0. The summed E-state index contributed by atoms with van der Waals surface area (Å²) in [7, 11) is 0. The second-order valence-electron chi connectivity index (χ2n) is 7.33. The van der Waals surface area contributed by atoms with Crippen molar-refractivity contribution in [3.05, 3.63) is 12.7 Å². The third kappa shape index (κ3) is 3.61. The van der Waals surface area contributed by atoms with Gasteiger partial charge in [-0.05, 0) is 12.8 Å². The van der Waals surface area contributed by atoms with Crippen LogP contribution in [-0.2, 0) is 19.2 Å². The second kappa shape index (κ2) is 8.20. The number of Topliss-reactive ketones (excluding diaryl/α,β-unsaturated/α-hetero) is 1. The number of nitrogens with two attached hydrogens (primary N) is 1. The Bertz CT molecular complexity index is 946. The van der Waals surface area contributed by atoms with Gasteiger partial charge in [0.2, 0.25) is 18.0 Å². The highest BCUT2D eigenvalue weighted by Crippen LogP contribution is 2.33. The first-order valence-corrected chi connectivity index (χ1v) is 9.50. The van der Waals surface area contributed by atoms with Crippen molar-refractivity contribution in [2.75, 3.05) is 5.73 Å². The molecule has 0 spiro atoms. The highest BCUT2D eigenvalue weighted by atomic mass is 16.7. The summed E-state index contributed by atoms with van der Waals surface area (Å²) in [4.78, 5) is 41.1. The first-order valence-electron chi connectivity index (χ1n) is 9.50. The molecule has 6 N–H and O–H groups in total. The summed E-state index contributed by atoms with van der Waals surface area (Å²) in [6, 6.07) is 0. The van der Waals surface area contributed by atoms with E-state index in [1.165, 1.54) is 17.2 Å². The molecule has 0 bridgehead atoms. The quantitative estimate of drug-likeness (QED) is 0.259. The molecule has 1 saturated heterocycles. The number of amides is 1. The van der Waals surface area contributed by atoms with E-state index in [1.54, 1.807) is 0 Å². The number of ether oxygens (including phenoxy) is 1. The van der Waals surface area contributed by atoms with Crippen LogP contribution in [-0.4, -0.2) is 71.1 Å². The van der Waals surface area contributed by atoms with E-state index in [4.69, 9.17) is 15.3 Å². The number of aromatic nitrogens is 4. The maximum absolute atomic E-state index is 12.5. The third-order valence-corrected chi connectivity index (χ3v) is 5.42. The number of aliphatic hydroxyl groups is 3. The Morgan fingerprint density at radius 3 is 2.70 bits per heavy atom. The Balaban J connectivity index is 1.43. The molecule has 2 aromatic rings. The predicted octanol–water partition coefficient (Wildman–Crippen LogP) is -1.85. The van der Waals surface area contributed by atoms with Gasteiger partial charge in [0.15, 0.2) is 23.8 Å². The number of ketones is 1. The number of nitrogen functional groups attached to an aromatic ring is 1. The normalized spacial score (nSPS) is 28.1. The maximum atomic E-state index is 12.5. The fourth-order valence-corrected chi connectivity index (χ4v) is 3.76. The number of aliphatic hydroxyl groups excluding tert-OH is 3. The van der Waals surface area contributed by atoms with Crippen molar-refractivity contribution in [3.63, 3.8) is 0 Å². The van der Waals surface area contributed by atoms with Gasteiger partial charge in [0.05, 0.1) is 6.33 Å². The van der Waals surface area contributed by atoms with Crippen molar-refractivity contribution in [3.8, 4) is 0 Å². The van der Waals surface area contributed by atoms with Crippen LogP contribution in [0.25, 0.3) is 11.2 Å². The molecule has 2 aliphatic rings. The topological polar surface area (TPSA) is 195 Å². The molecule has 0 aromatic carbocycles. The fraction of sp³-hybridized carbons (Fsp3) is 0.588. The lowest BCUT2D eigenvalue weighted by Gasteiger charge is -2.18. The summed E-state index contributed by atoms with van der Waals surface area (Å²) < 4.78 is 6.78. The van der Waals surface area contributed by atoms with Crippen molar-refractivity contribution in [1.29, 1.82) is 0 Å². The zero-order valence-electron chi connectivity index (χ0n) is 15.8. The Hall–Kier alpha value is -2.71. The molecule has 13 heteroatoms. The second-order valence-corrected chi connectivity index (χ2v) is 7.33. The molecule has 5 atom stereocenters. The minimum Gasteiger partial charge on any atom is -0.387 e. The first kappa shape index (κ1) is 20.6. The van der Waals surface area contributed by atoms with E-state index >= 15 is 0 Å². The number of nitrogens with zero attached hydrogens (tertiary/aromatic N) is 4. The number of carbonyl (C=O) groups is 2. The summed E-state index contributed by atoms with van der Waals surface area (Å²) in [6.45, 7) is 0. The van der Waals surface area contributed by atoms with Gasteiger partial charge in [-0.3, -0.25) is 14.2 Å². The zero-order valence-corrected chi connectivity index (χ0v) is 15.8. The highest BCUT2D eigenvalue weighted by Gasteiger charge is 2.49. The van der Waals surface area contributed by atoms with Gasteiger partial charge in [-0.1, -0.05) is 12.8 Å². The first-order chi connectivity index (χ1) is 14.4. The smallest absolute Gasteiger partial charge is 0.246 e. The van der Waals surface area contributed by atoms with Crippen molar-refractivity contribution in [2.24, 2.45) is 5.92 Å². The van der Waals surface area contributed by atoms with Crippen molar-refractivity contribution in [1.82, 2.24) is 25.0 Å².